The quantitative estimate of drug-likeness (QED) is 0.751. The SMILES string of the molecule is CCC(C)N(C)C(=O)C1CCC(CN)O1. The summed E-state index contributed by atoms with van der Waals surface area (Å²) in [6.45, 7) is 4.64. The molecule has 88 valence electrons. The van der Waals surface area contributed by atoms with Gasteiger partial charge < -0.3 is 15.4 Å². The first-order valence-electron chi connectivity index (χ1n) is 5.72. The van der Waals surface area contributed by atoms with E-state index < -0.39 is 0 Å². The minimum atomic E-state index is -0.266. The first kappa shape index (κ1) is 12.5. The zero-order valence-corrected chi connectivity index (χ0v) is 9.90. The number of amides is 1. The van der Waals surface area contributed by atoms with E-state index >= 15 is 0 Å². The summed E-state index contributed by atoms with van der Waals surface area (Å²) in [6.07, 6.45) is 2.49. The van der Waals surface area contributed by atoms with Gasteiger partial charge in [0.15, 0.2) is 0 Å². The lowest BCUT2D eigenvalue weighted by Crippen LogP contribution is -2.41. The van der Waals surface area contributed by atoms with Crippen LogP contribution in [0, 0.1) is 0 Å². The first-order valence-corrected chi connectivity index (χ1v) is 5.72. The predicted octanol–water partition coefficient (Wildman–Crippen LogP) is 0.750. The average molecular weight is 214 g/mol. The summed E-state index contributed by atoms with van der Waals surface area (Å²) in [5.74, 6) is 0.0975. The molecule has 0 radical (unpaired) electrons. The third-order valence-corrected chi connectivity index (χ3v) is 3.25. The van der Waals surface area contributed by atoms with Crippen molar-refractivity contribution in [3.05, 3.63) is 0 Å². The van der Waals surface area contributed by atoms with Crippen molar-refractivity contribution in [2.45, 2.75) is 51.4 Å². The monoisotopic (exact) mass is 214 g/mol. The van der Waals surface area contributed by atoms with E-state index in [-0.39, 0.29) is 24.2 Å². The van der Waals surface area contributed by atoms with E-state index in [2.05, 4.69) is 6.92 Å². The van der Waals surface area contributed by atoms with Gasteiger partial charge in [0.25, 0.3) is 5.91 Å². The van der Waals surface area contributed by atoms with Gasteiger partial charge in [-0.05, 0) is 26.2 Å². The molecule has 4 heteroatoms. The number of hydrogen-bond donors (Lipinski definition) is 1. The van der Waals surface area contributed by atoms with E-state index in [0.29, 0.717) is 6.54 Å². The molecule has 1 rings (SSSR count). The summed E-state index contributed by atoms with van der Waals surface area (Å²) in [6, 6.07) is 0.276. The van der Waals surface area contributed by atoms with Crippen LogP contribution in [0.25, 0.3) is 0 Å². The molecular weight excluding hydrogens is 192 g/mol. The minimum absolute atomic E-state index is 0.0734. The standard InChI is InChI=1S/C11H22N2O2/c1-4-8(2)13(3)11(14)10-6-5-9(7-12)15-10/h8-10H,4-7,12H2,1-3H3. The molecule has 0 bridgehead atoms. The van der Waals surface area contributed by atoms with Crippen LogP contribution in [0.2, 0.25) is 0 Å². The smallest absolute Gasteiger partial charge is 0.251 e. The zero-order valence-electron chi connectivity index (χ0n) is 9.90. The van der Waals surface area contributed by atoms with Crippen molar-refractivity contribution in [2.75, 3.05) is 13.6 Å². The summed E-state index contributed by atoms with van der Waals surface area (Å²) in [5, 5.41) is 0. The molecular formula is C11H22N2O2. The highest BCUT2D eigenvalue weighted by Crippen LogP contribution is 2.21. The second kappa shape index (κ2) is 5.47. The number of carbonyl (C=O) groups is 1. The molecule has 1 aliphatic rings. The van der Waals surface area contributed by atoms with E-state index in [4.69, 9.17) is 10.5 Å². The molecule has 1 fully saturated rings. The molecule has 3 unspecified atom stereocenters. The number of nitrogens with two attached hydrogens (primary N) is 1. The van der Waals surface area contributed by atoms with Gasteiger partial charge in [-0.25, -0.2) is 0 Å². The van der Waals surface area contributed by atoms with Crippen LogP contribution in [0.5, 0.6) is 0 Å². The van der Waals surface area contributed by atoms with Gasteiger partial charge >= 0.3 is 0 Å². The number of carbonyl (C=O) groups excluding carboxylic acids is 1. The van der Waals surface area contributed by atoms with Crippen LogP contribution in [0.1, 0.15) is 33.1 Å². The van der Waals surface area contributed by atoms with Gasteiger partial charge in [0.1, 0.15) is 6.10 Å². The van der Waals surface area contributed by atoms with Crippen molar-refractivity contribution in [3.63, 3.8) is 0 Å². The molecule has 15 heavy (non-hydrogen) atoms. The molecule has 1 heterocycles. The minimum Gasteiger partial charge on any atom is -0.364 e. The fraction of sp³-hybridized carbons (Fsp3) is 0.909. The molecule has 1 amide bonds. The molecule has 0 saturated carbocycles. The van der Waals surface area contributed by atoms with Gasteiger partial charge in [0.05, 0.1) is 6.10 Å². The Labute approximate surface area is 91.8 Å². The Kier molecular flexibility index (Phi) is 4.54. The average Bonchev–Trinajstić information content (AvgIpc) is 2.74. The Morgan fingerprint density at radius 2 is 2.27 bits per heavy atom. The van der Waals surface area contributed by atoms with Gasteiger partial charge in [-0.15, -0.1) is 0 Å². The highest BCUT2D eigenvalue weighted by molar-refractivity contribution is 5.81. The van der Waals surface area contributed by atoms with Gasteiger partial charge in [-0.2, -0.15) is 0 Å². The maximum atomic E-state index is 12.0. The Balaban J connectivity index is 2.47. The Morgan fingerprint density at radius 3 is 2.73 bits per heavy atom. The summed E-state index contributed by atoms with van der Waals surface area (Å²) in [5.41, 5.74) is 5.51. The van der Waals surface area contributed by atoms with Crippen LogP contribution >= 0.6 is 0 Å². The number of rotatable bonds is 4. The fourth-order valence-electron chi connectivity index (χ4n) is 1.78. The molecule has 1 saturated heterocycles. The molecule has 0 aromatic heterocycles. The maximum Gasteiger partial charge on any atom is 0.251 e. The lowest BCUT2D eigenvalue weighted by molar-refractivity contribution is -0.143. The number of ether oxygens (including phenoxy) is 1. The normalized spacial score (nSPS) is 27.7. The van der Waals surface area contributed by atoms with Crippen molar-refractivity contribution in [1.29, 1.82) is 0 Å². The summed E-state index contributed by atoms with van der Waals surface area (Å²) >= 11 is 0. The van der Waals surface area contributed by atoms with Gasteiger partial charge in [-0.3, -0.25) is 4.79 Å². The van der Waals surface area contributed by atoms with Crippen molar-refractivity contribution in [2.24, 2.45) is 5.73 Å². The van der Waals surface area contributed by atoms with Gasteiger partial charge in [0, 0.05) is 19.6 Å². The summed E-state index contributed by atoms with van der Waals surface area (Å²) in [4.78, 5) is 13.7. The highest BCUT2D eigenvalue weighted by Gasteiger charge is 2.32. The van der Waals surface area contributed by atoms with Crippen molar-refractivity contribution < 1.29 is 9.53 Å². The van der Waals surface area contributed by atoms with E-state index in [1.807, 2.05) is 14.0 Å². The molecule has 4 nitrogen and oxygen atoms in total. The Bertz CT molecular complexity index is 221. The van der Waals surface area contributed by atoms with Crippen LogP contribution in [0.4, 0.5) is 0 Å². The molecule has 0 aromatic rings. The highest BCUT2D eigenvalue weighted by atomic mass is 16.5. The second-order valence-corrected chi connectivity index (χ2v) is 4.27. The van der Waals surface area contributed by atoms with E-state index in [0.717, 1.165) is 19.3 Å². The number of likely N-dealkylation sites (N-methyl/N-ethyl adjacent to an activating group) is 1. The Morgan fingerprint density at radius 1 is 1.60 bits per heavy atom. The topological polar surface area (TPSA) is 55.6 Å². The van der Waals surface area contributed by atoms with Crippen LogP contribution in [0.3, 0.4) is 0 Å². The van der Waals surface area contributed by atoms with Gasteiger partial charge in [0.2, 0.25) is 0 Å². The van der Waals surface area contributed by atoms with Crippen LogP contribution < -0.4 is 5.73 Å². The van der Waals surface area contributed by atoms with Crippen LogP contribution in [0.15, 0.2) is 0 Å². The molecule has 0 aromatic carbocycles. The summed E-state index contributed by atoms with van der Waals surface area (Å²) in [7, 11) is 1.84. The van der Waals surface area contributed by atoms with Crippen molar-refractivity contribution >= 4 is 5.91 Å². The zero-order chi connectivity index (χ0) is 11.4. The third kappa shape index (κ3) is 2.92. The van der Waals surface area contributed by atoms with E-state index in [1.165, 1.54) is 0 Å². The van der Waals surface area contributed by atoms with Crippen molar-refractivity contribution in [1.82, 2.24) is 4.90 Å². The largest absolute Gasteiger partial charge is 0.364 e. The fourth-order valence-corrected chi connectivity index (χ4v) is 1.78. The lowest BCUT2D eigenvalue weighted by Gasteiger charge is -2.26. The van der Waals surface area contributed by atoms with Crippen LogP contribution in [-0.4, -0.2) is 42.6 Å². The van der Waals surface area contributed by atoms with Crippen molar-refractivity contribution in [3.8, 4) is 0 Å². The van der Waals surface area contributed by atoms with E-state index in [9.17, 15) is 4.79 Å². The van der Waals surface area contributed by atoms with E-state index in [1.54, 1.807) is 4.90 Å². The molecule has 0 spiro atoms. The molecule has 0 aliphatic carbocycles. The molecule has 3 atom stereocenters. The first-order chi connectivity index (χ1) is 7.10. The number of hydrogen-bond acceptors (Lipinski definition) is 3. The maximum absolute atomic E-state index is 12.0. The molecule has 2 N–H and O–H groups in total. The summed E-state index contributed by atoms with van der Waals surface area (Å²) < 4.78 is 5.57. The molecule has 1 aliphatic heterocycles. The second-order valence-electron chi connectivity index (χ2n) is 4.27. The third-order valence-electron chi connectivity index (χ3n) is 3.25. The lowest BCUT2D eigenvalue weighted by atomic mass is 10.1. The predicted molar refractivity (Wildman–Crippen MR) is 59.5 cm³/mol. The van der Waals surface area contributed by atoms with Crippen LogP contribution in [-0.2, 0) is 9.53 Å². The Hall–Kier alpha value is -0.610. The number of nitrogens with zero attached hydrogens (tertiary/aromatic N) is 1. The van der Waals surface area contributed by atoms with Gasteiger partial charge in [-0.1, -0.05) is 6.92 Å².